The molecular formula is C22H24N2OS. The highest BCUT2D eigenvalue weighted by Gasteiger charge is 2.29. The summed E-state index contributed by atoms with van der Waals surface area (Å²) in [6, 6.07) is 20.6. The Morgan fingerprint density at radius 2 is 1.58 bits per heavy atom. The molecule has 3 nitrogen and oxygen atoms in total. The highest BCUT2D eigenvalue weighted by Crippen LogP contribution is 2.42. The van der Waals surface area contributed by atoms with Crippen molar-refractivity contribution in [3.05, 3.63) is 76.8 Å². The maximum absolute atomic E-state index is 12.8. The fourth-order valence-electron chi connectivity index (χ4n) is 3.67. The zero-order valence-electron chi connectivity index (χ0n) is 14.8. The molecule has 1 heterocycles. The fraction of sp³-hybridized carbons (Fsp3) is 0.318. The average Bonchev–Trinajstić information content (AvgIpc) is 3.14. The van der Waals surface area contributed by atoms with Crippen molar-refractivity contribution >= 4 is 23.4 Å². The summed E-state index contributed by atoms with van der Waals surface area (Å²) in [6.45, 7) is 0. The SMILES string of the molecule is O=C(NC1=C(c2ccccc2)NC(c2ccccc2)S1)C1CCCCC1. The smallest absolute Gasteiger partial charge is 0.227 e. The van der Waals surface area contributed by atoms with Crippen molar-refractivity contribution in [2.45, 2.75) is 37.5 Å². The number of thioether (sulfide) groups is 1. The van der Waals surface area contributed by atoms with Crippen molar-refractivity contribution in [1.82, 2.24) is 10.6 Å². The quantitative estimate of drug-likeness (QED) is 0.798. The molecule has 0 radical (unpaired) electrons. The monoisotopic (exact) mass is 364 g/mol. The van der Waals surface area contributed by atoms with Gasteiger partial charge in [0.1, 0.15) is 10.4 Å². The lowest BCUT2D eigenvalue weighted by Gasteiger charge is -2.21. The second-order valence-corrected chi connectivity index (χ2v) is 8.06. The van der Waals surface area contributed by atoms with Crippen molar-refractivity contribution in [3.63, 3.8) is 0 Å². The van der Waals surface area contributed by atoms with Crippen LogP contribution in [0, 0.1) is 5.92 Å². The van der Waals surface area contributed by atoms with Crippen LogP contribution in [0.1, 0.15) is 48.6 Å². The number of carbonyl (C=O) groups excluding carboxylic acids is 1. The molecule has 4 heteroatoms. The molecule has 2 N–H and O–H groups in total. The summed E-state index contributed by atoms with van der Waals surface area (Å²) in [5.74, 6) is 0.334. The number of rotatable bonds is 4. The molecule has 0 spiro atoms. The maximum atomic E-state index is 12.8. The molecular weight excluding hydrogens is 340 g/mol. The van der Waals surface area contributed by atoms with E-state index < -0.39 is 0 Å². The van der Waals surface area contributed by atoms with Gasteiger partial charge in [-0.2, -0.15) is 0 Å². The molecule has 1 aliphatic carbocycles. The predicted octanol–water partition coefficient (Wildman–Crippen LogP) is 5.04. The van der Waals surface area contributed by atoms with Crippen LogP contribution in [0.4, 0.5) is 0 Å². The molecule has 0 bridgehead atoms. The molecule has 0 aromatic heterocycles. The summed E-state index contributed by atoms with van der Waals surface area (Å²) >= 11 is 1.70. The third kappa shape index (κ3) is 3.80. The van der Waals surface area contributed by atoms with Crippen LogP contribution in [0.5, 0.6) is 0 Å². The van der Waals surface area contributed by atoms with Crippen molar-refractivity contribution < 1.29 is 4.79 Å². The summed E-state index contributed by atoms with van der Waals surface area (Å²) in [5, 5.41) is 7.91. The summed E-state index contributed by atoms with van der Waals surface area (Å²) in [6.07, 6.45) is 5.62. The van der Waals surface area contributed by atoms with E-state index in [1.807, 2.05) is 24.3 Å². The van der Waals surface area contributed by atoms with Crippen LogP contribution < -0.4 is 10.6 Å². The maximum Gasteiger partial charge on any atom is 0.227 e. The normalized spacial score (nSPS) is 20.7. The first-order chi connectivity index (χ1) is 12.8. The van der Waals surface area contributed by atoms with Gasteiger partial charge in [-0.3, -0.25) is 4.79 Å². The van der Waals surface area contributed by atoms with Crippen LogP contribution in [0.3, 0.4) is 0 Å². The number of amides is 1. The molecule has 2 aromatic carbocycles. The molecule has 1 aliphatic heterocycles. The Labute approximate surface area is 159 Å². The van der Waals surface area contributed by atoms with Gasteiger partial charge < -0.3 is 10.6 Å². The van der Waals surface area contributed by atoms with Crippen molar-refractivity contribution in [3.8, 4) is 0 Å². The van der Waals surface area contributed by atoms with Crippen LogP contribution in [0.25, 0.3) is 5.70 Å². The van der Waals surface area contributed by atoms with Crippen molar-refractivity contribution in [2.24, 2.45) is 5.92 Å². The van der Waals surface area contributed by atoms with E-state index in [-0.39, 0.29) is 17.2 Å². The van der Waals surface area contributed by atoms with Gasteiger partial charge in [0.25, 0.3) is 0 Å². The van der Waals surface area contributed by atoms with Gasteiger partial charge in [-0.25, -0.2) is 0 Å². The van der Waals surface area contributed by atoms with Gasteiger partial charge in [-0.05, 0) is 18.4 Å². The number of nitrogens with one attached hydrogen (secondary N) is 2. The number of hydrogen-bond donors (Lipinski definition) is 2. The molecule has 1 fully saturated rings. The Balaban J connectivity index is 1.57. The third-order valence-corrected chi connectivity index (χ3v) is 6.28. The third-order valence-electron chi connectivity index (χ3n) is 5.12. The molecule has 26 heavy (non-hydrogen) atoms. The van der Waals surface area contributed by atoms with Gasteiger partial charge in [0.2, 0.25) is 5.91 Å². The van der Waals surface area contributed by atoms with Crippen LogP contribution in [-0.4, -0.2) is 5.91 Å². The highest BCUT2D eigenvalue weighted by atomic mass is 32.2. The van der Waals surface area contributed by atoms with Gasteiger partial charge >= 0.3 is 0 Å². The van der Waals surface area contributed by atoms with Gasteiger partial charge in [0.05, 0.1) is 5.70 Å². The standard InChI is InChI=1S/C22H24N2OS/c25-20(17-12-6-2-7-13-17)24-22-19(16-10-4-1-5-11-16)23-21(26-22)18-14-8-3-9-15-18/h1,3-5,8-11,14-15,17,21,23H,2,6-7,12-13H2,(H,24,25). The Bertz CT molecular complexity index is 782. The molecule has 4 rings (SSSR count). The summed E-state index contributed by atoms with van der Waals surface area (Å²) in [4.78, 5) is 12.8. The summed E-state index contributed by atoms with van der Waals surface area (Å²) in [7, 11) is 0. The predicted molar refractivity (Wildman–Crippen MR) is 108 cm³/mol. The molecule has 1 atom stereocenters. The molecule has 1 amide bonds. The molecule has 134 valence electrons. The van der Waals surface area contributed by atoms with Crippen molar-refractivity contribution in [1.29, 1.82) is 0 Å². The molecule has 1 saturated carbocycles. The average molecular weight is 365 g/mol. The van der Waals surface area contributed by atoms with E-state index in [1.165, 1.54) is 24.8 Å². The zero-order chi connectivity index (χ0) is 17.8. The molecule has 2 aliphatic rings. The van der Waals surface area contributed by atoms with Crippen molar-refractivity contribution in [2.75, 3.05) is 0 Å². The van der Waals surface area contributed by atoms with E-state index in [9.17, 15) is 4.79 Å². The Morgan fingerprint density at radius 3 is 2.27 bits per heavy atom. The van der Waals surface area contributed by atoms with Gasteiger partial charge in [0.15, 0.2) is 0 Å². The Morgan fingerprint density at radius 1 is 0.923 bits per heavy atom. The summed E-state index contributed by atoms with van der Waals surface area (Å²) in [5.41, 5.74) is 3.35. The second kappa shape index (κ2) is 8.00. The van der Waals surface area contributed by atoms with E-state index >= 15 is 0 Å². The Kier molecular flexibility index (Phi) is 5.30. The van der Waals surface area contributed by atoms with Crippen LogP contribution in [-0.2, 0) is 4.79 Å². The number of carbonyl (C=O) groups is 1. The second-order valence-electron chi connectivity index (χ2n) is 6.95. The fourth-order valence-corrected chi connectivity index (χ4v) is 4.83. The minimum atomic E-state index is 0.119. The molecule has 1 unspecified atom stereocenters. The molecule has 0 saturated heterocycles. The van der Waals surface area contributed by atoms with E-state index in [1.54, 1.807) is 11.8 Å². The zero-order valence-corrected chi connectivity index (χ0v) is 15.6. The lowest BCUT2D eigenvalue weighted by Crippen LogP contribution is -2.30. The first-order valence-corrected chi connectivity index (χ1v) is 10.3. The van der Waals surface area contributed by atoms with Gasteiger partial charge in [-0.15, -0.1) is 0 Å². The van der Waals surface area contributed by atoms with Crippen LogP contribution >= 0.6 is 11.8 Å². The topological polar surface area (TPSA) is 41.1 Å². The van der Waals surface area contributed by atoms with E-state index in [0.717, 1.165) is 29.1 Å². The summed E-state index contributed by atoms with van der Waals surface area (Å²) < 4.78 is 0. The van der Waals surface area contributed by atoms with E-state index in [2.05, 4.69) is 47.0 Å². The number of hydrogen-bond acceptors (Lipinski definition) is 3. The van der Waals surface area contributed by atoms with Crippen LogP contribution in [0.2, 0.25) is 0 Å². The molecule has 2 aromatic rings. The van der Waals surface area contributed by atoms with E-state index in [4.69, 9.17) is 0 Å². The Hall–Kier alpha value is -2.20. The largest absolute Gasteiger partial charge is 0.367 e. The number of benzene rings is 2. The minimum Gasteiger partial charge on any atom is -0.367 e. The first-order valence-electron chi connectivity index (χ1n) is 9.40. The van der Waals surface area contributed by atoms with Gasteiger partial charge in [0, 0.05) is 11.5 Å². The minimum absolute atomic E-state index is 0.119. The highest BCUT2D eigenvalue weighted by molar-refractivity contribution is 8.03. The van der Waals surface area contributed by atoms with Crippen LogP contribution in [0.15, 0.2) is 65.7 Å². The lowest BCUT2D eigenvalue weighted by molar-refractivity contribution is -0.125. The van der Waals surface area contributed by atoms with E-state index in [0.29, 0.717) is 0 Å². The van der Waals surface area contributed by atoms with Gasteiger partial charge in [-0.1, -0.05) is 91.7 Å². The first kappa shape index (κ1) is 17.2. The lowest BCUT2D eigenvalue weighted by atomic mass is 9.89.